The molecule has 3 atom stereocenters. The van der Waals surface area contributed by atoms with Crippen molar-refractivity contribution < 1.29 is 36.1 Å². The van der Waals surface area contributed by atoms with Gasteiger partial charge in [0.25, 0.3) is 0 Å². The van der Waals surface area contributed by atoms with Crippen LogP contribution in [0.2, 0.25) is 0 Å². The number of rotatable bonds is 7. The topological polar surface area (TPSA) is 57.2 Å². The van der Waals surface area contributed by atoms with Gasteiger partial charge in [0.05, 0.1) is 26.9 Å². The highest BCUT2D eigenvalue weighted by Crippen LogP contribution is 2.38. The predicted octanol–water partition coefficient (Wildman–Crippen LogP) is 0.525. The lowest BCUT2D eigenvalue weighted by Gasteiger charge is -2.40. The van der Waals surface area contributed by atoms with Crippen LogP contribution in [0.1, 0.15) is 50.4 Å². The van der Waals surface area contributed by atoms with Crippen molar-refractivity contribution in [2.24, 2.45) is 0 Å². The van der Waals surface area contributed by atoms with Crippen LogP contribution >= 0.6 is 0 Å². The molecule has 0 bridgehead atoms. The standard InChI is InChI=1S/C20H31NO5.ClH/c1-13-8-7-9-14(2)21(13)12-15(3)26-20(22)16-10-17(23-4)19(25-6)18(11-16)24-5;/h10-11,13-15H,7-9,12H2,1-6H3;1H/p-1. The van der Waals surface area contributed by atoms with Gasteiger partial charge in [0, 0.05) is 18.6 Å². The van der Waals surface area contributed by atoms with Gasteiger partial charge in [0.2, 0.25) is 5.75 Å². The summed E-state index contributed by atoms with van der Waals surface area (Å²) in [7, 11) is 4.57. The third kappa shape index (κ3) is 5.66. The first-order valence-electron chi connectivity index (χ1n) is 9.18. The van der Waals surface area contributed by atoms with Crippen LogP contribution in [0.3, 0.4) is 0 Å². The van der Waals surface area contributed by atoms with Gasteiger partial charge >= 0.3 is 5.97 Å². The highest BCUT2D eigenvalue weighted by Gasteiger charge is 2.27. The molecule has 2 rings (SSSR count). The predicted molar refractivity (Wildman–Crippen MR) is 100 cm³/mol. The summed E-state index contributed by atoms with van der Waals surface area (Å²) in [6, 6.07) is 4.26. The Bertz CT molecular complexity index is 589. The maximum atomic E-state index is 12.6. The fourth-order valence-corrected chi connectivity index (χ4v) is 3.62. The molecule has 0 spiro atoms. The SMILES string of the molecule is COc1cc(C(=O)OC(C)CN2C(C)CCCC2C)cc(OC)c1OC.[Cl-]. The van der Waals surface area contributed by atoms with Crippen LogP contribution in [-0.2, 0) is 4.74 Å². The van der Waals surface area contributed by atoms with Gasteiger partial charge in [-0.05, 0) is 45.7 Å². The number of likely N-dealkylation sites (tertiary alicyclic amines) is 1. The highest BCUT2D eigenvalue weighted by molar-refractivity contribution is 5.91. The maximum Gasteiger partial charge on any atom is 0.338 e. The Labute approximate surface area is 168 Å². The summed E-state index contributed by atoms with van der Waals surface area (Å²) in [5.41, 5.74) is 0.381. The third-order valence-corrected chi connectivity index (χ3v) is 5.05. The maximum absolute atomic E-state index is 12.6. The van der Waals surface area contributed by atoms with E-state index in [4.69, 9.17) is 18.9 Å². The van der Waals surface area contributed by atoms with E-state index < -0.39 is 5.97 Å². The Morgan fingerprint density at radius 2 is 1.59 bits per heavy atom. The van der Waals surface area contributed by atoms with E-state index in [0.717, 1.165) is 6.54 Å². The first-order chi connectivity index (χ1) is 12.4. The van der Waals surface area contributed by atoms with Crippen molar-refractivity contribution in [3.63, 3.8) is 0 Å². The molecule has 7 heteroatoms. The fourth-order valence-electron chi connectivity index (χ4n) is 3.62. The zero-order chi connectivity index (χ0) is 19.3. The molecule has 0 aliphatic carbocycles. The highest BCUT2D eigenvalue weighted by atomic mass is 35.5. The third-order valence-electron chi connectivity index (χ3n) is 5.05. The number of benzene rings is 1. The Balaban J connectivity index is 0.00000364. The number of ether oxygens (including phenoxy) is 4. The van der Waals surface area contributed by atoms with Crippen LogP contribution in [0.5, 0.6) is 17.2 Å². The van der Waals surface area contributed by atoms with Gasteiger partial charge in [-0.3, -0.25) is 4.90 Å². The number of carbonyl (C=O) groups excluding carboxylic acids is 1. The molecule has 1 aliphatic heterocycles. The molecular formula is C20H31ClNO5-. The molecule has 1 fully saturated rings. The number of carbonyl (C=O) groups is 1. The van der Waals surface area contributed by atoms with Crippen molar-refractivity contribution in [1.82, 2.24) is 4.90 Å². The molecule has 1 aliphatic rings. The largest absolute Gasteiger partial charge is 1.00 e. The number of halogens is 1. The Morgan fingerprint density at radius 1 is 1.07 bits per heavy atom. The molecule has 1 aromatic rings. The van der Waals surface area contributed by atoms with E-state index in [1.807, 2.05) is 6.92 Å². The minimum atomic E-state index is -0.394. The lowest BCUT2D eigenvalue weighted by atomic mass is 9.97. The number of methoxy groups -OCH3 is 3. The Kier molecular flexibility index (Phi) is 9.19. The van der Waals surface area contributed by atoms with Gasteiger partial charge in [-0.25, -0.2) is 4.79 Å². The fraction of sp³-hybridized carbons (Fsp3) is 0.650. The van der Waals surface area contributed by atoms with Gasteiger partial charge in [-0.2, -0.15) is 0 Å². The molecule has 1 heterocycles. The summed E-state index contributed by atoms with van der Waals surface area (Å²) in [5.74, 6) is 0.930. The van der Waals surface area contributed by atoms with Crippen LogP contribution in [0.25, 0.3) is 0 Å². The van der Waals surface area contributed by atoms with Crippen molar-refractivity contribution in [1.29, 1.82) is 0 Å². The smallest absolute Gasteiger partial charge is 0.338 e. The summed E-state index contributed by atoms with van der Waals surface area (Å²) in [6.45, 7) is 7.15. The van der Waals surface area contributed by atoms with E-state index in [0.29, 0.717) is 34.9 Å². The minimum Gasteiger partial charge on any atom is -1.00 e. The molecule has 0 amide bonds. The Hall–Kier alpha value is -1.66. The number of nitrogens with zero attached hydrogens (tertiary/aromatic N) is 1. The van der Waals surface area contributed by atoms with Crippen molar-refractivity contribution in [2.75, 3.05) is 27.9 Å². The Morgan fingerprint density at radius 3 is 2.04 bits per heavy atom. The second-order valence-corrected chi connectivity index (χ2v) is 6.96. The average Bonchev–Trinajstić information content (AvgIpc) is 2.63. The minimum absolute atomic E-state index is 0. The summed E-state index contributed by atoms with van der Waals surface area (Å²) in [5, 5.41) is 0. The molecule has 0 N–H and O–H groups in total. The second-order valence-electron chi connectivity index (χ2n) is 6.96. The van der Waals surface area contributed by atoms with Gasteiger partial charge in [-0.15, -0.1) is 0 Å². The lowest BCUT2D eigenvalue weighted by molar-refractivity contribution is -0.0000744. The molecule has 1 saturated heterocycles. The lowest BCUT2D eigenvalue weighted by Crippen LogP contribution is -3.00. The summed E-state index contributed by atoms with van der Waals surface area (Å²) in [4.78, 5) is 15.0. The number of hydrogen-bond donors (Lipinski definition) is 0. The monoisotopic (exact) mass is 400 g/mol. The molecule has 0 radical (unpaired) electrons. The molecule has 27 heavy (non-hydrogen) atoms. The molecule has 154 valence electrons. The van der Waals surface area contributed by atoms with Gasteiger partial charge in [0.1, 0.15) is 6.10 Å². The summed E-state index contributed by atoms with van der Waals surface area (Å²) < 4.78 is 21.6. The van der Waals surface area contributed by atoms with E-state index in [9.17, 15) is 4.79 Å². The van der Waals surface area contributed by atoms with Crippen LogP contribution in [0, 0.1) is 0 Å². The molecule has 1 aromatic carbocycles. The van der Waals surface area contributed by atoms with Crippen molar-refractivity contribution in [3.8, 4) is 17.2 Å². The van der Waals surface area contributed by atoms with Crippen LogP contribution in [-0.4, -0.2) is 56.9 Å². The molecule has 3 unspecified atom stereocenters. The van der Waals surface area contributed by atoms with E-state index in [1.54, 1.807) is 12.1 Å². The van der Waals surface area contributed by atoms with E-state index in [2.05, 4.69) is 18.7 Å². The quantitative estimate of drug-likeness (QED) is 0.622. The van der Waals surface area contributed by atoms with E-state index in [1.165, 1.54) is 40.6 Å². The van der Waals surface area contributed by atoms with Gasteiger partial charge in [0.15, 0.2) is 11.5 Å². The van der Waals surface area contributed by atoms with E-state index >= 15 is 0 Å². The van der Waals surface area contributed by atoms with Crippen molar-refractivity contribution >= 4 is 5.97 Å². The van der Waals surface area contributed by atoms with Gasteiger partial charge < -0.3 is 31.4 Å². The summed E-state index contributed by atoms with van der Waals surface area (Å²) >= 11 is 0. The summed E-state index contributed by atoms with van der Waals surface area (Å²) in [6.07, 6.45) is 3.44. The number of piperidine rings is 1. The van der Waals surface area contributed by atoms with Crippen molar-refractivity contribution in [3.05, 3.63) is 17.7 Å². The van der Waals surface area contributed by atoms with Crippen LogP contribution < -0.4 is 26.6 Å². The van der Waals surface area contributed by atoms with Crippen LogP contribution in [0.15, 0.2) is 12.1 Å². The first kappa shape index (κ1) is 23.4. The number of esters is 1. The normalized spacial score (nSPS) is 21.0. The molecule has 0 saturated carbocycles. The molecule has 6 nitrogen and oxygen atoms in total. The van der Waals surface area contributed by atoms with Gasteiger partial charge in [-0.1, -0.05) is 6.42 Å². The average molecular weight is 401 g/mol. The first-order valence-corrected chi connectivity index (χ1v) is 9.18. The van der Waals surface area contributed by atoms with Crippen LogP contribution in [0.4, 0.5) is 0 Å². The zero-order valence-corrected chi connectivity index (χ0v) is 17.8. The van der Waals surface area contributed by atoms with E-state index in [-0.39, 0.29) is 18.5 Å². The number of hydrogen-bond acceptors (Lipinski definition) is 6. The second kappa shape index (κ2) is 10.6. The molecule has 0 aromatic heterocycles. The van der Waals surface area contributed by atoms with Crippen molar-refractivity contribution in [2.45, 2.75) is 58.2 Å². The molecular weight excluding hydrogens is 370 g/mol. The zero-order valence-electron chi connectivity index (χ0n) is 17.1.